The Morgan fingerprint density at radius 1 is 1.26 bits per heavy atom. The van der Waals surface area contributed by atoms with Gasteiger partial charge in [0.2, 0.25) is 5.91 Å². The van der Waals surface area contributed by atoms with Crippen molar-refractivity contribution in [3.05, 3.63) is 35.9 Å². The molecule has 2 rings (SSSR count). The fourth-order valence-corrected chi connectivity index (χ4v) is 3.82. The SMILES string of the molecule is CC(C)=CCN(c1ccc(OCC(C)(C)C)cc1)C1CCN(C(=O)[C@@H](N)CC(C)C)C1. The van der Waals surface area contributed by atoms with E-state index >= 15 is 0 Å². The number of benzene rings is 1. The Morgan fingerprint density at radius 3 is 2.45 bits per heavy atom. The molecule has 31 heavy (non-hydrogen) atoms. The molecule has 2 atom stereocenters. The van der Waals surface area contributed by atoms with Gasteiger partial charge >= 0.3 is 0 Å². The number of rotatable bonds is 9. The minimum atomic E-state index is -0.399. The fourth-order valence-electron chi connectivity index (χ4n) is 3.82. The van der Waals surface area contributed by atoms with Gasteiger partial charge in [-0.2, -0.15) is 0 Å². The molecule has 0 saturated carbocycles. The van der Waals surface area contributed by atoms with Crippen LogP contribution in [0.5, 0.6) is 5.75 Å². The number of carbonyl (C=O) groups is 1. The molecule has 1 saturated heterocycles. The molecule has 1 aliphatic heterocycles. The predicted octanol–water partition coefficient (Wildman–Crippen LogP) is 4.86. The van der Waals surface area contributed by atoms with Gasteiger partial charge in [-0.3, -0.25) is 4.79 Å². The number of hydrogen-bond acceptors (Lipinski definition) is 4. The van der Waals surface area contributed by atoms with E-state index in [1.54, 1.807) is 0 Å². The number of hydrogen-bond donors (Lipinski definition) is 1. The summed E-state index contributed by atoms with van der Waals surface area (Å²) in [7, 11) is 0. The Kier molecular flexibility index (Phi) is 8.99. The van der Waals surface area contributed by atoms with Gasteiger partial charge in [0, 0.05) is 31.4 Å². The second kappa shape index (κ2) is 11.0. The Balaban J connectivity index is 2.10. The molecule has 1 aliphatic rings. The molecule has 0 aliphatic carbocycles. The van der Waals surface area contributed by atoms with E-state index in [4.69, 9.17) is 10.5 Å². The third-order valence-electron chi connectivity index (χ3n) is 5.49. The van der Waals surface area contributed by atoms with E-state index in [2.05, 4.69) is 71.6 Å². The maximum Gasteiger partial charge on any atom is 0.239 e. The molecule has 5 nitrogen and oxygen atoms in total. The molecule has 2 N–H and O–H groups in total. The summed E-state index contributed by atoms with van der Waals surface area (Å²) in [6.45, 7) is 18.0. The van der Waals surface area contributed by atoms with Crippen molar-refractivity contribution in [3.8, 4) is 5.75 Å². The molecule has 1 fully saturated rings. The van der Waals surface area contributed by atoms with Gasteiger partial charge in [-0.15, -0.1) is 0 Å². The minimum Gasteiger partial charge on any atom is -0.493 e. The second-order valence-electron chi connectivity index (χ2n) is 10.7. The summed E-state index contributed by atoms with van der Waals surface area (Å²) < 4.78 is 5.94. The van der Waals surface area contributed by atoms with Gasteiger partial charge in [0.1, 0.15) is 5.75 Å². The Morgan fingerprint density at radius 2 is 1.90 bits per heavy atom. The number of allylic oxidation sites excluding steroid dienone is 1. The smallest absolute Gasteiger partial charge is 0.239 e. The maximum absolute atomic E-state index is 12.8. The number of anilines is 1. The van der Waals surface area contributed by atoms with Crippen molar-refractivity contribution in [2.24, 2.45) is 17.1 Å². The van der Waals surface area contributed by atoms with E-state index in [-0.39, 0.29) is 17.4 Å². The third-order valence-corrected chi connectivity index (χ3v) is 5.49. The number of likely N-dealkylation sites (tertiary alicyclic amines) is 1. The zero-order chi connectivity index (χ0) is 23.2. The van der Waals surface area contributed by atoms with Crippen LogP contribution < -0.4 is 15.4 Å². The van der Waals surface area contributed by atoms with Crippen LogP contribution in [-0.2, 0) is 4.79 Å². The van der Waals surface area contributed by atoms with Crippen molar-refractivity contribution < 1.29 is 9.53 Å². The monoisotopic (exact) mass is 429 g/mol. The zero-order valence-corrected chi connectivity index (χ0v) is 20.6. The Labute approximate surface area is 189 Å². The van der Waals surface area contributed by atoms with E-state index < -0.39 is 6.04 Å². The highest BCUT2D eigenvalue weighted by Crippen LogP contribution is 2.27. The lowest BCUT2D eigenvalue weighted by atomic mass is 9.99. The molecule has 1 amide bonds. The Bertz CT molecular complexity index is 730. The van der Waals surface area contributed by atoms with Crippen LogP contribution in [0.2, 0.25) is 0 Å². The van der Waals surface area contributed by atoms with Gasteiger partial charge in [0.25, 0.3) is 0 Å². The highest BCUT2D eigenvalue weighted by atomic mass is 16.5. The largest absolute Gasteiger partial charge is 0.493 e. The molecule has 1 aromatic carbocycles. The number of nitrogens with two attached hydrogens (primary N) is 1. The molecule has 1 unspecified atom stereocenters. The molecular formula is C26H43N3O2. The van der Waals surface area contributed by atoms with Crippen LogP contribution in [0.15, 0.2) is 35.9 Å². The molecule has 0 spiro atoms. The van der Waals surface area contributed by atoms with Crippen LogP contribution in [0.4, 0.5) is 5.69 Å². The molecule has 1 heterocycles. The standard InChI is InChI=1S/C26H43N3O2/c1-19(2)12-15-29(21-8-10-23(11-9-21)31-18-26(5,6)7)22-13-14-28(17-22)25(30)24(27)16-20(3)4/h8-12,20,22,24H,13-18,27H2,1-7H3/t22?,24-/m0/s1. The summed E-state index contributed by atoms with van der Waals surface area (Å²) in [5.41, 5.74) is 8.76. The van der Waals surface area contributed by atoms with Gasteiger partial charge in [0.05, 0.1) is 12.6 Å². The predicted molar refractivity (Wildman–Crippen MR) is 131 cm³/mol. The van der Waals surface area contributed by atoms with Gasteiger partial charge in [-0.25, -0.2) is 0 Å². The lowest BCUT2D eigenvalue weighted by Crippen LogP contribution is -2.45. The molecule has 0 bridgehead atoms. The van der Waals surface area contributed by atoms with E-state index in [1.165, 1.54) is 5.57 Å². The highest BCUT2D eigenvalue weighted by molar-refractivity contribution is 5.82. The van der Waals surface area contributed by atoms with E-state index in [0.717, 1.165) is 43.9 Å². The molecule has 174 valence electrons. The van der Waals surface area contributed by atoms with E-state index in [1.807, 2.05) is 17.0 Å². The van der Waals surface area contributed by atoms with E-state index in [0.29, 0.717) is 12.5 Å². The van der Waals surface area contributed by atoms with E-state index in [9.17, 15) is 4.79 Å². The van der Waals surface area contributed by atoms with Crippen molar-refractivity contribution in [1.82, 2.24) is 4.90 Å². The first-order valence-corrected chi connectivity index (χ1v) is 11.6. The minimum absolute atomic E-state index is 0.0873. The fraction of sp³-hybridized carbons (Fsp3) is 0.654. The molecule has 5 heteroatoms. The van der Waals surface area contributed by atoms with Crippen LogP contribution in [0, 0.1) is 11.3 Å². The maximum atomic E-state index is 12.8. The zero-order valence-electron chi connectivity index (χ0n) is 20.6. The van der Waals surface area contributed by atoms with Crippen molar-refractivity contribution in [1.29, 1.82) is 0 Å². The highest BCUT2D eigenvalue weighted by Gasteiger charge is 2.32. The van der Waals surface area contributed by atoms with Crippen LogP contribution >= 0.6 is 0 Å². The van der Waals surface area contributed by atoms with Gasteiger partial charge in [-0.05, 0) is 62.3 Å². The van der Waals surface area contributed by atoms with Gasteiger partial charge in [0.15, 0.2) is 0 Å². The molecule has 1 aromatic rings. The number of ether oxygens (including phenoxy) is 1. The number of amides is 1. The van der Waals surface area contributed by atoms with Crippen molar-refractivity contribution in [2.75, 3.05) is 31.1 Å². The normalized spacial score (nSPS) is 17.6. The van der Waals surface area contributed by atoms with Crippen LogP contribution in [0.3, 0.4) is 0 Å². The van der Waals surface area contributed by atoms with Crippen molar-refractivity contribution in [2.45, 2.75) is 73.4 Å². The molecule has 0 aromatic heterocycles. The second-order valence-corrected chi connectivity index (χ2v) is 10.7. The Hall–Kier alpha value is -2.01. The lowest BCUT2D eigenvalue weighted by Gasteiger charge is -2.31. The summed E-state index contributed by atoms with van der Waals surface area (Å²) in [5.74, 6) is 1.40. The average Bonchev–Trinajstić information content (AvgIpc) is 3.15. The van der Waals surface area contributed by atoms with Crippen molar-refractivity contribution >= 4 is 11.6 Å². The van der Waals surface area contributed by atoms with Crippen LogP contribution in [0.1, 0.15) is 61.3 Å². The lowest BCUT2D eigenvalue weighted by molar-refractivity contribution is -0.131. The average molecular weight is 430 g/mol. The quantitative estimate of drug-likeness (QED) is 0.570. The van der Waals surface area contributed by atoms with Crippen LogP contribution in [-0.4, -0.2) is 49.1 Å². The first-order valence-electron chi connectivity index (χ1n) is 11.6. The summed E-state index contributed by atoms with van der Waals surface area (Å²) in [5, 5.41) is 0. The first kappa shape index (κ1) is 25.3. The first-order chi connectivity index (χ1) is 14.5. The van der Waals surface area contributed by atoms with Crippen LogP contribution in [0.25, 0.3) is 0 Å². The number of nitrogens with zero attached hydrogens (tertiary/aromatic N) is 2. The molecule has 0 radical (unpaired) electrons. The van der Waals surface area contributed by atoms with Gasteiger partial charge < -0.3 is 20.3 Å². The number of carbonyl (C=O) groups excluding carboxylic acids is 1. The van der Waals surface area contributed by atoms with Crippen molar-refractivity contribution in [3.63, 3.8) is 0 Å². The summed E-state index contributed by atoms with van der Waals surface area (Å²) >= 11 is 0. The summed E-state index contributed by atoms with van der Waals surface area (Å²) in [4.78, 5) is 17.2. The third kappa shape index (κ3) is 8.21. The summed E-state index contributed by atoms with van der Waals surface area (Å²) in [6.07, 6.45) is 3.94. The van der Waals surface area contributed by atoms with Gasteiger partial charge in [-0.1, -0.05) is 46.3 Å². The topological polar surface area (TPSA) is 58.8 Å². The molecular weight excluding hydrogens is 386 g/mol. The summed E-state index contributed by atoms with van der Waals surface area (Å²) in [6, 6.07) is 8.24.